The van der Waals surface area contributed by atoms with Crippen LogP contribution in [0, 0.1) is 0 Å². The lowest BCUT2D eigenvalue weighted by atomic mass is 9.94. The van der Waals surface area contributed by atoms with Crippen molar-refractivity contribution in [1.29, 1.82) is 0 Å². The van der Waals surface area contributed by atoms with Gasteiger partial charge in [0, 0.05) is 46.7 Å². The highest BCUT2D eigenvalue weighted by Gasteiger charge is 2.19. The highest BCUT2D eigenvalue weighted by Crippen LogP contribution is 2.39. The summed E-state index contributed by atoms with van der Waals surface area (Å²) in [6, 6.07) is 19.3. The largest absolute Gasteiger partial charge is 0.508 e. The van der Waals surface area contributed by atoms with Crippen molar-refractivity contribution in [3.8, 4) is 11.5 Å². The number of fused-ring (bicyclic) bond motifs is 5. The van der Waals surface area contributed by atoms with E-state index in [2.05, 4.69) is 10.2 Å². The topological polar surface area (TPSA) is 85.9 Å². The molecule has 6 nitrogen and oxygen atoms in total. The molecular weight excluding hydrogens is 452 g/mol. The van der Waals surface area contributed by atoms with Crippen LogP contribution in [0.1, 0.15) is 35.2 Å². The molecule has 3 N–H and O–H groups in total. The molecule has 0 saturated carbocycles. The summed E-state index contributed by atoms with van der Waals surface area (Å²) in [6.45, 7) is 4.24. The SMILES string of the molecule is O=C(c1ccc(NCCN2CCCCC2)cc1)c1cc2oc3cc(O)ccc3c2c2ccc(O)cc12. The summed E-state index contributed by atoms with van der Waals surface area (Å²) in [4.78, 5) is 16.1. The maximum Gasteiger partial charge on any atom is 0.193 e. The van der Waals surface area contributed by atoms with Gasteiger partial charge < -0.3 is 24.8 Å². The number of phenols is 2. The first kappa shape index (κ1) is 22.4. The average molecular weight is 481 g/mol. The van der Waals surface area contributed by atoms with Crippen molar-refractivity contribution >= 4 is 44.2 Å². The highest BCUT2D eigenvalue weighted by molar-refractivity contribution is 6.26. The van der Waals surface area contributed by atoms with E-state index >= 15 is 0 Å². The Bertz CT molecular complexity index is 1580. The number of anilines is 1. The van der Waals surface area contributed by atoms with Gasteiger partial charge in [0.1, 0.15) is 22.7 Å². The normalized spacial score (nSPS) is 14.6. The first-order valence-corrected chi connectivity index (χ1v) is 12.5. The van der Waals surface area contributed by atoms with E-state index in [9.17, 15) is 15.0 Å². The van der Waals surface area contributed by atoms with E-state index < -0.39 is 0 Å². The number of nitrogens with one attached hydrogen (secondary N) is 1. The molecular formula is C30H28N2O4. The Morgan fingerprint density at radius 2 is 1.53 bits per heavy atom. The molecule has 0 atom stereocenters. The number of piperidine rings is 1. The van der Waals surface area contributed by atoms with Gasteiger partial charge in [0.15, 0.2) is 5.78 Å². The maximum absolute atomic E-state index is 13.6. The molecule has 36 heavy (non-hydrogen) atoms. The molecule has 5 aromatic rings. The fourth-order valence-corrected chi connectivity index (χ4v) is 5.29. The van der Waals surface area contributed by atoms with Crippen LogP contribution in [0.4, 0.5) is 5.69 Å². The van der Waals surface area contributed by atoms with Crippen molar-refractivity contribution in [2.75, 3.05) is 31.5 Å². The van der Waals surface area contributed by atoms with Gasteiger partial charge in [0.2, 0.25) is 0 Å². The number of benzene rings is 4. The number of ketones is 1. The number of nitrogens with zero attached hydrogens (tertiary/aromatic N) is 1. The average Bonchev–Trinajstić information content (AvgIpc) is 3.26. The Hall–Kier alpha value is -4.03. The monoisotopic (exact) mass is 480 g/mol. The fourth-order valence-electron chi connectivity index (χ4n) is 5.29. The van der Waals surface area contributed by atoms with Crippen LogP contribution in [0.3, 0.4) is 0 Å². The van der Waals surface area contributed by atoms with Crippen molar-refractivity contribution < 1.29 is 19.4 Å². The number of aromatic hydroxyl groups is 2. The van der Waals surface area contributed by atoms with Crippen molar-refractivity contribution in [1.82, 2.24) is 4.90 Å². The van der Waals surface area contributed by atoms with Gasteiger partial charge >= 0.3 is 0 Å². The van der Waals surface area contributed by atoms with Crippen LogP contribution >= 0.6 is 0 Å². The standard InChI is InChI=1S/C30H28N2O4/c33-21-8-10-23-25(16-21)26(18-28-29(23)24-11-9-22(34)17-27(24)36-28)30(35)19-4-6-20(7-5-19)31-12-15-32-13-2-1-3-14-32/h4-11,16-18,31,33-34H,1-3,12-15H2. The smallest absolute Gasteiger partial charge is 0.193 e. The number of furan rings is 1. The summed E-state index contributed by atoms with van der Waals surface area (Å²) >= 11 is 0. The molecule has 1 aliphatic rings. The molecule has 1 aromatic heterocycles. The van der Waals surface area contributed by atoms with Crippen LogP contribution in [0.25, 0.3) is 32.7 Å². The zero-order chi connectivity index (χ0) is 24.6. The van der Waals surface area contributed by atoms with Gasteiger partial charge in [0.25, 0.3) is 0 Å². The van der Waals surface area contributed by atoms with Gasteiger partial charge in [-0.3, -0.25) is 4.79 Å². The number of rotatable bonds is 6. The number of hydrogen-bond donors (Lipinski definition) is 3. The number of carbonyl (C=O) groups is 1. The Balaban J connectivity index is 1.32. The Morgan fingerprint density at radius 3 is 2.31 bits per heavy atom. The molecule has 6 rings (SSSR count). The van der Waals surface area contributed by atoms with E-state index in [1.165, 1.54) is 32.4 Å². The van der Waals surface area contributed by atoms with Crippen LogP contribution in [0.5, 0.6) is 11.5 Å². The zero-order valence-corrected chi connectivity index (χ0v) is 20.0. The molecule has 182 valence electrons. The summed E-state index contributed by atoms with van der Waals surface area (Å²) in [6.07, 6.45) is 3.90. The molecule has 2 heterocycles. The summed E-state index contributed by atoms with van der Waals surface area (Å²) < 4.78 is 6.02. The third-order valence-electron chi connectivity index (χ3n) is 7.14. The maximum atomic E-state index is 13.6. The molecule has 0 amide bonds. The first-order valence-electron chi connectivity index (χ1n) is 12.5. The molecule has 0 aliphatic carbocycles. The number of likely N-dealkylation sites (tertiary alicyclic amines) is 1. The van der Waals surface area contributed by atoms with E-state index in [4.69, 9.17) is 4.42 Å². The van der Waals surface area contributed by atoms with Gasteiger partial charge in [0.05, 0.1) is 0 Å². The Kier molecular flexibility index (Phi) is 5.74. The molecule has 0 spiro atoms. The summed E-state index contributed by atoms with van der Waals surface area (Å²) in [7, 11) is 0. The molecule has 0 radical (unpaired) electrons. The van der Waals surface area contributed by atoms with Crippen LogP contribution in [0.2, 0.25) is 0 Å². The lowest BCUT2D eigenvalue weighted by Crippen LogP contribution is -2.33. The van der Waals surface area contributed by atoms with Crippen LogP contribution in [-0.2, 0) is 0 Å². The molecule has 1 aliphatic heterocycles. The molecule has 0 unspecified atom stereocenters. The van der Waals surface area contributed by atoms with Crippen LogP contribution < -0.4 is 5.32 Å². The summed E-state index contributed by atoms with van der Waals surface area (Å²) in [5.74, 6) is 0.0645. The van der Waals surface area contributed by atoms with Gasteiger partial charge in [-0.25, -0.2) is 0 Å². The van der Waals surface area contributed by atoms with E-state index in [0.29, 0.717) is 27.7 Å². The third-order valence-corrected chi connectivity index (χ3v) is 7.14. The lowest BCUT2D eigenvalue weighted by Gasteiger charge is -2.26. The van der Waals surface area contributed by atoms with Gasteiger partial charge in [-0.1, -0.05) is 6.42 Å². The number of hydrogen-bond acceptors (Lipinski definition) is 6. The first-order chi connectivity index (χ1) is 17.6. The van der Waals surface area contributed by atoms with E-state index in [1.54, 1.807) is 42.5 Å². The van der Waals surface area contributed by atoms with Gasteiger partial charge in [-0.15, -0.1) is 0 Å². The third kappa shape index (κ3) is 4.14. The summed E-state index contributed by atoms with van der Waals surface area (Å²) in [5, 5.41) is 26.7. The zero-order valence-electron chi connectivity index (χ0n) is 20.0. The fraction of sp³-hybridized carbons (Fsp3) is 0.233. The van der Waals surface area contributed by atoms with E-state index in [1.807, 2.05) is 24.3 Å². The van der Waals surface area contributed by atoms with Crippen molar-refractivity contribution in [2.45, 2.75) is 19.3 Å². The minimum absolute atomic E-state index is 0.0922. The van der Waals surface area contributed by atoms with Gasteiger partial charge in [-0.05, 0) is 97.4 Å². The van der Waals surface area contributed by atoms with Crippen LogP contribution in [-0.4, -0.2) is 47.1 Å². The molecule has 0 bridgehead atoms. The van der Waals surface area contributed by atoms with Crippen LogP contribution in [0.15, 0.2) is 71.1 Å². The second-order valence-corrected chi connectivity index (χ2v) is 9.55. The summed E-state index contributed by atoms with van der Waals surface area (Å²) in [5.41, 5.74) is 3.12. The van der Waals surface area contributed by atoms with Gasteiger partial charge in [-0.2, -0.15) is 0 Å². The minimum Gasteiger partial charge on any atom is -0.508 e. The molecule has 6 heteroatoms. The Labute approximate surface area is 208 Å². The van der Waals surface area contributed by atoms with Crippen molar-refractivity contribution in [2.24, 2.45) is 0 Å². The van der Waals surface area contributed by atoms with Crippen molar-refractivity contribution in [3.05, 3.63) is 77.9 Å². The highest BCUT2D eigenvalue weighted by atomic mass is 16.3. The second-order valence-electron chi connectivity index (χ2n) is 9.55. The lowest BCUT2D eigenvalue weighted by molar-refractivity contribution is 0.104. The quantitative estimate of drug-likeness (QED) is 0.248. The predicted octanol–water partition coefficient (Wildman–Crippen LogP) is 6.28. The molecule has 1 fully saturated rings. The molecule has 4 aromatic carbocycles. The minimum atomic E-state index is -0.143. The van der Waals surface area contributed by atoms with E-state index in [-0.39, 0.29) is 17.3 Å². The number of carbonyl (C=O) groups excluding carboxylic acids is 1. The Morgan fingerprint density at radius 1 is 0.806 bits per heavy atom. The molecule has 1 saturated heterocycles. The number of phenolic OH excluding ortho intramolecular Hbond substituents is 2. The van der Waals surface area contributed by atoms with E-state index in [0.717, 1.165) is 34.9 Å². The van der Waals surface area contributed by atoms with Crippen molar-refractivity contribution in [3.63, 3.8) is 0 Å². The predicted molar refractivity (Wildman–Crippen MR) is 143 cm³/mol. The second kappa shape index (κ2) is 9.21.